The Bertz CT molecular complexity index is 903. The third-order valence-electron chi connectivity index (χ3n) is 4.63. The highest BCUT2D eigenvalue weighted by molar-refractivity contribution is 6.45. The van der Waals surface area contributed by atoms with E-state index >= 15 is 0 Å². The summed E-state index contributed by atoms with van der Waals surface area (Å²) in [6, 6.07) is 13.9. The maximum Gasteiger partial charge on any atom is 0.273 e. The topological polar surface area (TPSA) is 72.3 Å². The monoisotopic (exact) mass is 365 g/mol. The van der Waals surface area contributed by atoms with E-state index in [0.29, 0.717) is 5.56 Å². The molecule has 140 valence electrons. The van der Waals surface area contributed by atoms with Gasteiger partial charge < -0.3 is 15.0 Å². The summed E-state index contributed by atoms with van der Waals surface area (Å²) in [6.07, 6.45) is 1.85. The number of likely N-dealkylation sites (N-methyl/N-ethyl adjacent to an activating group) is 1. The molecular formula is C21H23N3O3. The average Bonchev–Trinajstić information content (AvgIpc) is 3.10. The summed E-state index contributed by atoms with van der Waals surface area (Å²) in [5.74, 6) is -0.320. The maximum atomic E-state index is 12.2. The minimum absolute atomic E-state index is 0.209. The Kier molecular flexibility index (Phi) is 5.86. The highest BCUT2D eigenvalue weighted by atomic mass is 16.6. The molecule has 6 nitrogen and oxygen atoms in total. The number of amides is 1. The number of oxime groups is 2. The Morgan fingerprint density at radius 1 is 1.15 bits per heavy atom. The van der Waals surface area contributed by atoms with Crippen LogP contribution in [-0.2, 0) is 27.5 Å². The maximum absolute atomic E-state index is 12.2. The summed E-state index contributed by atoms with van der Waals surface area (Å²) in [5, 5.41) is 10.8. The smallest absolute Gasteiger partial charge is 0.273 e. The second kappa shape index (κ2) is 8.49. The molecule has 0 aromatic heterocycles. The number of rotatable bonds is 6. The zero-order chi connectivity index (χ0) is 19.2. The minimum Gasteiger partial charge on any atom is -0.398 e. The molecular weight excluding hydrogens is 342 g/mol. The van der Waals surface area contributed by atoms with Crippen molar-refractivity contribution in [1.82, 2.24) is 5.32 Å². The fraction of sp³-hybridized carbons (Fsp3) is 0.286. The van der Waals surface area contributed by atoms with Crippen molar-refractivity contribution in [2.75, 3.05) is 14.2 Å². The van der Waals surface area contributed by atoms with Crippen LogP contribution >= 0.6 is 0 Å². The van der Waals surface area contributed by atoms with Gasteiger partial charge in [0, 0.05) is 23.7 Å². The molecule has 0 saturated carbocycles. The predicted molar refractivity (Wildman–Crippen MR) is 105 cm³/mol. The largest absolute Gasteiger partial charge is 0.398 e. The number of carbonyl (C=O) groups is 1. The minimum atomic E-state index is -0.320. The standard InChI is InChI=1S/C21H23N3O3/c1-14-7-6-10-17(20(24-26-3)21(25)22-2)18(14)13-27-23-19-12-11-15-8-4-5-9-16(15)19/h4-10H,11-13H2,1-3H3,(H,22,25)/b23-19+,24-20+. The molecule has 1 aliphatic rings. The number of hydrogen-bond donors (Lipinski definition) is 1. The molecule has 0 fully saturated rings. The molecule has 1 N–H and O–H groups in total. The number of fused-ring (bicyclic) bond motifs is 1. The molecule has 1 aliphatic carbocycles. The van der Waals surface area contributed by atoms with Gasteiger partial charge >= 0.3 is 0 Å². The molecule has 6 heteroatoms. The van der Waals surface area contributed by atoms with Crippen LogP contribution in [-0.4, -0.2) is 31.5 Å². The van der Waals surface area contributed by atoms with Crippen LogP contribution in [0.1, 0.15) is 34.2 Å². The summed E-state index contributed by atoms with van der Waals surface area (Å²) in [6.45, 7) is 2.21. The van der Waals surface area contributed by atoms with E-state index in [1.165, 1.54) is 12.7 Å². The van der Waals surface area contributed by atoms with Crippen molar-refractivity contribution in [2.24, 2.45) is 10.3 Å². The van der Waals surface area contributed by atoms with Gasteiger partial charge in [-0.15, -0.1) is 0 Å². The van der Waals surface area contributed by atoms with E-state index in [0.717, 1.165) is 35.2 Å². The average molecular weight is 365 g/mol. The molecule has 0 bridgehead atoms. The number of nitrogens with zero attached hydrogens (tertiary/aromatic N) is 2. The van der Waals surface area contributed by atoms with Gasteiger partial charge in [0.25, 0.3) is 5.91 Å². The molecule has 1 amide bonds. The van der Waals surface area contributed by atoms with Crippen LogP contribution in [0.25, 0.3) is 0 Å². The molecule has 27 heavy (non-hydrogen) atoms. The van der Waals surface area contributed by atoms with Gasteiger partial charge in [0.2, 0.25) is 0 Å². The number of carbonyl (C=O) groups excluding carboxylic acids is 1. The number of aryl methyl sites for hydroxylation is 2. The molecule has 0 spiro atoms. The van der Waals surface area contributed by atoms with Crippen LogP contribution in [0.2, 0.25) is 0 Å². The Hall–Kier alpha value is -3.15. The van der Waals surface area contributed by atoms with Crippen LogP contribution in [0.4, 0.5) is 0 Å². The third-order valence-corrected chi connectivity index (χ3v) is 4.63. The van der Waals surface area contributed by atoms with Gasteiger partial charge in [-0.2, -0.15) is 0 Å². The first kappa shape index (κ1) is 18.6. The van der Waals surface area contributed by atoms with E-state index in [9.17, 15) is 4.79 Å². The third kappa shape index (κ3) is 4.00. The van der Waals surface area contributed by atoms with E-state index in [1.54, 1.807) is 7.05 Å². The van der Waals surface area contributed by atoms with Crippen molar-refractivity contribution in [3.05, 3.63) is 70.3 Å². The fourth-order valence-corrected chi connectivity index (χ4v) is 3.22. The summed E-state index contributed by atoms with van der Waals surface area (Å²) < 4.78 is 0. The van der Waals surface area contributed by atoms with Crippen LogP contribution in [0.3, 0.4) is 0 Å². The molecule has 0 unspecified atom stereocenters. The van der Waals surface area contributed by atoms with E-state index in [1.807, 2.05) is 37.3 Å². The van der Waals surface area contributed by atoms with Crippen LogP contribution in [0.5, 0.6) is 0 Å². The lowest BCUT2D eigenvalue weighted by molar-refractivity contribution is -0.114. The van der Waals surface area contributed by atoms with Crippen molar-refractivity contribution < 1.29 is 14.5 Å². The normalized spacial score (nSPS) is 14.8. The molecule has 0 saturated heterocycles. The molecule has 0 heterocycles. The SMILES string of the molecule is CNC(=O)/C(=N/OC)c1cccc(C)c1CO/N=C1\CCc2ccccc21. The number of nitrogens with one attached hydrogen (secondary N) is 1. The lowest BCUT2D eigenvalue weighted by Gasteiger charge is -2.13. The molecule has 0 atom stereocenters. The zero-order valence-electron chi connectivity index (χ0n) is 15.8. The summed E-state index contributed by atoms with van der Waals surface area (Å²) in [5.41, 5.74) is 6.13. The van der Waals surface area contributed by atoms with Gasteiger partial charge in [-0.1, -0.05) is 52.8 Å². The first-order valence-electron chi connectivity index (χ1n) is 8.85. The van der Waals surface area contributed by atoms with E-state index in [2.05, 4.69) is 27.8 Å². The number of benzene rings is 2. The van der Waals surface area contributed by atoms with Gasteiger partial charge in [-0.25, -0.2) is 0 Å². The van der Waals surface area contributed by atoms with Crippen molar-refractivity contribution in [3.8, 4) is 0 Å². The summed E-state index contributed by atoms with van der Waals surface area (Å²) in [4.78, 5) is 22.7. The van der Waals surface area contributed by atoms with Gasteiger partial charge in [0.05, 0.1) is 5.71 Å². The van der Waals surface area contributed by atoms with E-state index in [-0.39, 0.29) is 18.2 Å². The van der Waals surface area contributed by atoms with E-state index in [4.69, 9.17) is 9.68 Å². The first-order valence-corrected chi connectivity index (χ1v) is 8.85. The van der Waals surface area contributed by atoms with Crippen molar-refractivity contribution in [3.63, 3.8) is 0 Å². The molecule has 2 aromatic rings. The Morgan fingerprint density at radius 2 is 1.96 bits per heavy atom. The fourth-order valence-electron chi connectivity index (χ4n) is 3.22. The Labute approximate surface area is 158 Å². The Balaban J connectivity index is 1.85. The van der Waals surface area contributed by atoms with Crippen LogP contribution in [0, 0.1) is 6.92 Å². The van der Waals surface area contributed by atoms with Gasteiger partial charge in [0.15, 0.2) is 5.71 Å². The van der Waals surface area contributed by atoms with Crippen LogP contribution in [0.15, 0.2) is 52.8 Å². The molecule has 0 radical (unpaired) electrons. The lowest BCUT2D eigenvalue weighted by Crippen LogP contribution is -2.29. The van der Waals surface area contributed by atoms with Crippen molar-refractivity contribution in [2.45, 2.75) is 26.4 Å². The van der Waals surface area contributed by atoms with Gasteiger partial charge in [-0.3, -0.25) is 4.79 Å². The molecule has 3 rings (SSSR count). The first-order chi connectivity index (χ1) is 13.2. The summed E-state index contributed by atoms with van der Waals surface area (Å²) in [7, 11) is 2.97. The van der Waals surface area contributed by atoms with Gasteiger partial charge in [-0.05, 0) is 30.9 Å². The van der Waals surface area contributed by atoms with Crippen LogP contribution < -0.4 is 5.32 Å². The Morgan fingerprint density at radius 3 is 2.74 bits per heavy atom. The predicted octanol–water partition coefficient (Wildman–Crippen LogP) is 2.96. The second-order valence-electron chi connectivity index (χ2n) is 6.27. The highest BCUT2D eigenvalue weighted by Gasteiger charge is 2.20. The van der Waals surface area contributed by atoms with Crippen molar-refractivity contribution >= 4 is 17.3 Å². The van der Waals surface area contributed by atoms with Gasteiger partial charge in [0.1, 0.15) is 13.7 Å². The lowest BCUT2D eigenvalue weighted by atomic mass is 9.98. The number of hydrogen-bond acceptors (Lipinski definition) is 5. The molecule has 2 aromatic carbocycles. The van der Waals surface area contributed by atoms with E-state index < -0.39 is 0 Å². The quantitative estimate of drug-likeness (QED) is 0.632. The van der Waals surface area contributed by atoms with Crippen molar-refractivity contribution in [1.29, 1.82) is 0 Å². The molecule has 0 aliphatic heterocycles. The second-order valence-corrected chi connectivity index (χ2v) is 6.27. The zero-order valence-corrected chi connectivity index (χ0v) is 15.8. The summed E-state index contributed by atoms with van der Waals surface area (Å²) >= 11 is 0. The highest BCUT2D eigenvalue weighted by Crippen LogP contribution is 2.23.